The quantitative estimate of drug-likeness (QED) is 0.840. The summed E-state index contributed by atoms with van der Waals surface area (Å²) in [6.07, 6.45) is 5.92. The predicted octanol–water partition coefficient (Wildman–Crippen LogP) is 3.10. The Morgan fingerprint density at radius 3 is 3.08 bits per heavy atom. The number of carbonyl (C=O) groups is 1. The van der Waals surface area contributed by atoms with Crippen LogP contribution in [0.3, 0.4) is 0 Å². The molecule has 2 aromatic rings. The molecule has 3 rings (SSSR count). The van der Waals surface area contributed by atoms with Crippen LogP contribution in [0.2, 0.25) is 0 Å². The van der Waals surface area contributed by atoms with Gasteiger partial charge >= 0.3 is 0 Å². The molecule has 0 aromatic carbocycles. The molecule has 4 atom stereocenters. The highest BCUT2D eigenvalue weighted by Gasteiger charge is 2.32. The minimum Gasteiger partial charge on any atom is -0.381 e. The van der Waals surface area contributed by atoms with E-state index in [1.807, 2.05) is 16.8 Å². The zero-order valence-electron chi connectivity index (χ0n) is 15.0. The van der Waals surface area contributed by atoms with E-state index in [-0.39, 0.29) is 24.0 Å². The second-order valence-electron chi connectivity index (χ2n) is 6.68. The van der Waals surface area contributed by atoms with Crippen LogP contribution in [-0.4, -0.2) is 34.1 Å². The van der Waals surface area contributed by atoms with E-state index in [2.05, 4.69) is 21.7 Å². The van der Waals surface area contributed by atoms with Crippen molar-refractivity contribution in [3.8, 4) is 6.07 Å². The molecule has 2 heterocycles. The van der Waals surface area contributed by atoms with Crippen molar-refractivity contribution in [3.63, 3.8) is 0 Å². The summed E-state index contributed by atoms with van der Waals surface area (Å²) in [7, 11) is 1.73. The topological polar surface area (TPSA) is 92.8 Å². The lowest BCUT2D eigenvalue weighted by molar-refractivity contribution is 0.0405. The summed E-state index contributed by atoms with van der Waals surface area (Å²) in [6.45, 7) is 1.76. The summed E-state index contributed by atoms with van der Waals surface area (Å²) in [5, 5.41) is 24.3. The fraction of sp³-hybridized carbons (Fsp3) is 0.556. The molecule has 2 aromatic heterocycles. The summed E-state index contributed by atoms with van der Waals surface area (Å²) in [5.74, 6) is 0.109. The van der Waals surface area contributed by atoms with Gasteiger partial charge in [-0.2, -0.15) is 16.6 Å². The summed E-state index contributed by atoms with van der Waals surface area (Å²) in [4.78, 5) is 12.6. The molecular weight excluding hydrogens is 350 g/mol. The molecule has 138 valence electrons. The van der Waals surface area contributed by atoms with Crippen LogP contribution in [0.4, 0.5) is 0 Å². The Bertz CT molecular complexity index is 767. The Labute approximate surface area is 157 Å². The molecule has 1 N–H and O–H groups in total. The molecule has 0 spiro atoms. The minimum atomic E-state index is -0.400. The average Bonchev–Trinajstić information content (AvgIpc) is 3.37. The van der Waals surface area contributed by atoms with Gasteiger partial charge in [0.15, 0.2) is 0 Å². The molecule has 0 bridgehead atoms. The fourth-order valence-corrected chi connectivity index (χ4v) is 4.07. The van der Waals surface area contributed by atoms with Gasteiger partial charge in [0.2, 0.25) is 0 Å². The van der Waals surface area contributed by atoms with Crippen molar-refractivity contribution in [2.45, 2.75) is 50.8 Å². The van der Waals surface area contributed by atoms with E-state index in [0.29, 0.717) is 11.3 Å². The number of amides is 1. The largest absolute Gasteiger partial charge is 0.381 e. The van der Waals surface area contributed by atoms with E-state index >= 15 is 0 Å². The first kappa shape index (κ1) is 18.5. The van der Waals surface area contributed by atoms with Gasteiger partial charge in [-0.3, -0.25) is 4.79 Å². The number of nitriles is 1. The standard InChI is InChI=1S/C18H23N5O2S/c1-12(9-19)23-10-16(21-22-23)17(13-4-3-5-15(8-13)25-2)20-18(24)14-6-7-26-11-14/h6-7,10-13,15,17H,3-5,8H2,1-2H3,(H,20,24)/t12-,13?,15?,17+/m1/s1. The summed E-state index contributed by atoms with van der Waals surface area (Å²) in [5.41, 5.74) is 1.34. The Hall–Kier alpha value is -2.24. The first-order valence-corrected chi connectivity index (χ1v) is 9.73. The van der Waals surface area contributed by atoms with Gasteiger partial charge in [0.05, 0.1) is 30.0 Å². The van der Waals surface area contributed by atoms with Crippen molar-refractivity contribution in [1.82, 2.24) is 20.3 Å². The van der Waals surface area contributed by atoms with Crippen LogP contribution in [0, 0.1) is 17.2 Å². The second-order valence-corrected chi connectivity index (χ2v) is 7.46. The third-order valence-corrected chi connectivity index (χ3v) is 5.65. The van der Waals surface area contributed by atoms with Crippen LogP contribution in [0.25, 0.3) is 0 Å². The Morgan fingerprint density at radius 2 is 2.38 bits per heavy atom. The molecule has 2 unspecified atom stereocenters. The summed E-state index contributed by atoms with van der Waals surface area (Å²) >= 11 is 1.49. The third kappa shape index (κ3) is 4.11. The van der Waals surface area contributed by atoms with Crippen LogP contribution < -0.4 is 5.32 Å². The van der Waals surface area contributed by atoms with Crippen molar-refractivity contribution in [3.05, 3.63) is 34.3 Å². The van der Waals surface area contributed by atoms with Crippen molar-refractivity contribution in [2.24, 2.45) is 5.92 Å². The maximum atomic E-state index is 12.6. The van der Waals surface area contributed by atoms with E-state index in [1.165, 1.54) is 16.0 Å². The highest BCUT2D eigenvalue weighted by molar-refractivity contribution is 7.08. The van der Waals surface area contributed by atoms with Gasteiger partial charge in [-0.1, -0.05) is 11.6 Å². The van der Waals surface area contributed by atoms with E-state index in [1.54, 1.807) is 20.2 Å². The number of hydrogen-bond acceptors (Lipinski definition) is 6. The molecular formula is C18H23N5O2S. The van der Waals surface area contributed by atoms with E-state index in [9.17, 15) is 4.79 Å². The van der Waals surface area contributed by atoms with Crippen LogP contribution in [0.5, 0.6) is 0 Å². The molecule has 0 saturated heterocycles. The number of ether oxygens (including phenoxy) is 1. The Morgan fingerprint density at radius 1 is 1.54 bits per heavy atom. The first-order chi connectivity index (χ1) is 12.6. The maximum Gasteiger partial charge on any atom is 0.252 e. The number of carbonyl (C=O) groups excluding carboxylic acids is 1. The predicted molar refractivity (Wildman–Crippen MR) is 97.6 cm³/mol. The van der Waals surface area contributed by atoms with Crippen molar-refractivity contribution >= 4 is 17.2 Å². The monoisotopic (exact) mass is 373 g/mol. The van der Waals surface area contributed by atoms with Gasteiger partial charge in [0, 0.05) is 12.5 Å². The SMILES string of the molecule is COC1CCCC([C@H](NC(=O)c2ccsc2)c2cn([C@H](C)C#N)nn2)C1. The fourth-order valence-electron chi connectivity index (χ4n) is 3.43. The Balaban J connectivity index is 1.84. The number of hydrogen-bond donors (Lipinski definition) is 1. The molecule has 0 aliphatic heterocycles. The normalized spacial score (nSPS) is 22.3. The molecule has 1 fully saturated rings. The van der Waals surface area contributed by atoms with Gasteiger partial charge < -0.3 is 10.1 Å². The van der Waals surface area contributed by atoms with E-state index < -0.39 is 6.04 Å². The van der Waals surface area contributed by atoms with Crippen LogP contribution in [-0.2, 0) is 4.74 Å². The molecule has 7 nitrogen and oxygen atoms in total. The molecule has 0 radical (unpaired) electrons. The zero-order valence-corrected chi connectivity index (χ0v) is 15.8. The molecule has 26 heavy (non-hydrogen) atoms. The molecule has 1 amide bonds. The third-order valence-electron chi connectivity index (χ3n) is 4.97. The van der Waals surface area contributed by atoms with Gasteiger partial charge in [0.25, 0.3) is 5.91 Å². The van der Waals surface area contributed by atoms with E-state index in [0.717, 1.165) is 25.7 Å². The van der Waals surface area contributed by atoms with Gasteiger partial charge in [-0.05, 0) is 43.6 Å². The average molecular weight is 373 g/mol. The lowest BCUT2D eigenvalue weighted by Crippen LogP contribution is -2.37. The van der Waals surface area contributed by atoms with Gasteiger partial charge in [-0.25, -0.2) is 4.68 Å². The van der Waals surface area contributed by atoms with Gasteiger partial charge in [0.1, 0.15) is 11.7 Å². The lowest BCUT2D eigenvalue weighted by atomic mass is 9.81. The van der Waals surface area contributed by atoms with Gasteiger partial charge in [-0.15, -0.1) is 5.10 Å². The molecule has 1 saturated carbocycles. The number of aromatic nitrogens is 3. The second kappa shape index (κ2) is 8.43. The molecule has 1 aliphatic carbocycles. The number of thiophene rings is 1. The number of rotatable bonds is 6. The zero-order chi connectivity index (χ0) is 18.5. The van der Waals surface area contributed by atoms with Crippen molar-refractivity contribution in [1.29, 1.82) is 5.26 Å². The highest BCUT2D eigenvalue weighted by Crippen LogP contribution is 2.35. The Kier molecular flexibility index (Phi) is 6.01. The smallest absolute Gasteiger partial charge is 0.252 e. The first-order valence-electron chi connectivity index (χ1n) is 8.79. The van der Waals surface area contributed by atoms with Crippen LogP contribution >= 0.6 is 11.3 Å². The lowest BCUT2D eigenvalue weighted by Gasteiger charge is -2.33. The van der Waals surface area contributed by atoms with Crippen molar-refractivity contribution < 1.29 is 9.53 Å². The molecule has 1 aliphatic rings. The maximum absolute atomic E-state index is 12.6. The number of nitrogens with one attached hydrogen (secondary N) is 1. The summed E-state index contributed by atoms with van der Waals surface area (Å²) < 4.78 is 7.09. The van der Waals surface area contributed by atoms with Crippen LogP contribution in [0.15, 0.2) is 23.0 Å². The summed E-state index contributed by atoms with van der Waals surface area (Å²) in [6, 6.07) is 3.31. The van der Waals surface area contributed by atoms with E-state index in [4.69, 9.17) is 10.00 Å². The molecule has 8 heteroatoms. The number of nitrogens with zero attached hydrogens (tertiary/aromatic N) is 4. The van der Waals surface area contributed by atoms with Crippen molar-refractivity contribution in [2.75, 3.05) is 7.11 Å². The highest BCUT2D eigenvalue weighted by atomic mass is 32.1. The minimum absolute atomic E-state index is 0.112. The van der Waals surface area contributed by atoms with Crippen LogP contribution in [0.1, 0.15) is 60.7 Å². The number of methoxy groups -OCH3 is 1.